The summed E-state index contributed by atoms with van der Waals surface area (Å²) < 4.78 is 0. The minimum atomic E-state index is -0.158. The van der Waals surface area contributed by atoms with Gasteiger partial charge in [-0.25, -0.2) is 9.98 Å². The van der Waals surface area contributed by atoms with Crippen molar-refractivity contribution in [3.8, 4) is 0 Å². The third-order valence-corrected chi connectivity index (χ3v) is 3.69. The topological polar surface area (TPSA) is 50.7 Å². The average molecular weight is 223 g/mol. The second kappa shape index (κ2) is 6.82. The molecule has 3 heteroatoms. The Labute approximate surface area is 99.2 Å². The van der Waals surface area contributed by atoms with Crippen LogP contribution in [0.25, 0.3) is 0 Å². The van der Waals surface area contributed by atoms with Crippen molar-refractivity contribution < 1.29 is 0 Å². The predicted octanol–water partition coefficient (Wildman–Crippen LogP) is 3.01. The summed E-state index contributed by atoms with van der Waals surface area (Å²) in [6, 6.07) is 3.32. The zero-order valence-electron chi connectivity index (χ0n) is 10.7. The summed E-state index contributed by atoms with van der Waals surface area (Å²) in [5.74, 6) is 0. The lowest BCUT2D eigenvalue weighted by Gasteiger charge is -2.23. The molecule has 0 unspecified atom stereocenters. The molecule has 0 saturated heterocycles. The molecule has 0 aromatic rings. The van der Waals surface area contributed by atoms with Gasteiger partial charge in [0.25, 0.3) is 0 Å². The molecular weight excluding hydrogens is 198 g/mol. The molecule has 3 nitrogen and oxygen atoms in total. The summed E-state index contributed by atoms with van der Waals surface area (Å²) in [6.07, 6.45) is 8.30. The lowest BCUT2D eigenvalue weighted by Crippen LogP contribution is -2.41. The number of hydrogen-bond donors (Lipinski definition) is 1. The van der Waals surface area contributed by atoms with Crippen LogP contribution >= 0.6 is 0 Å². The lowest BCUT2D eigenvalue weighted by molar-refractivity contribution is 0.408. The molecule has 92 valence electrons. The fourth-order valence-corrected chi connectivity index (χ4v) is 2.00. The SMILES string of the molecule is CCC(N)(CC)CN=C=NC1CCCCC1. The van der Waals surface area contributed by atoms with Crippen molar-refractivity contribution in [2.75, 3.05) is 6.54 Å². The van der Waals surface area contributed by atoms with Crippen molar-refractivity contribution in [3.05, 3.63) is 0 Å². The summed E-state index contributed by atoms with van der Waals surface area (Å²) in [5, 5.41) is 0. The zero-order chi connectivity index (χ0) is 11.9. The van der Waals surface area contributed by atoms with Gasteiger partial charge in [-0.05, 0) is 25.7 Å². The molecule has 1 fully saturated rings. The van der Waals surface area contributed by atoms with Crippen molar-refractivity contribution in [3.63, 3.8) is 0 Å². The van der Waals surface area contributed by atoms with Crippen LogP contribution in [0.3, 0.4) is 0 Å². The molecule has 1 saturated carbocycles. The van der Waals surface area contributed by atoms with Gasteiger partial charge in [0, 0.05) is 5.54 Å². The van der Waals surface area contributed by atoms with Gasteiger partial charge in [-0.1, -0.05) is 33.1 Å². The standard InChI is InChI=1S/C13H25N3/c1-3-13(14,4-2)10-15-11-16-12-8-6-5-7-9-12/h12H,3-10,14H2,1-2H3. The highest BCUT2D eigenvalue weighted by Crippen LogP contribution is 2.19. The van der Waals surface area contributed by atoms with E-state index < -0.39 is 0 Å². The largest absolute Gasteiger partial charge is 0.324 e. The molecule has 16 heavy (non-hydrogen) atoms. The Morgan fingerprint density at radius 3 is 2.38 bits per heavy atom. The van der Waals surface area contributed by atoms with E-state index >= 15 is 0 Å². The zero-order valence-corrected chi connectivity index (χ0v) is 10.7. The minimum absolute atomic E-state index is 0.158. The summed E-state index contributed by atoms with van der Waals surface area (Å²) >= 11 is 0. The molecule has 0 amide bonds. The number of hydrogen-bond acceptors (Lipinski definition) is 3. The van der Waals surface area contributed by atoms with E-state index in [0.29, 0.717) is 12.6 Å². The Morgan fingerprint density at radius 2 is 1.81 bits per heavy atom. The first kappa shape index (κ1) is 13.4. The third kappa shape index (κ3) is 4.46. The molecule has 0 aromatic carbocycles. The van der Waals surface area contributed by atoms with Crippen LogP contribution < -0.4 is 5.73 Å². The van der Waals surface area contributed by atoms with Gasteiger partial charge in [-0.15, -0.1) is 0 Å². The predicted molar refractivity (Wildman–Crippen MR) is 69.1 cm³/mol. The van der Waals surface area contributed by atoms with Gasteiger partial charge < -0.3 is 5.73 Å². The molecule has 1 aliphatic rings. The molecule has 0 heterocycles. The fourth-order valence-electron chi connectivity index (χ4n) is 2.00. The van der Waals surface area contributed by atoms with Gasteiger partial charge in [0.1, 0.15) is 0 Å². The number of nitrogens with two attached hydrogens (primary N) is 1. The number of rotatable bonds is 5. The van der Waals surface area contributed by atoms with Crippen LogP contribution in [0.4, 0.5) is 0 Å². The maximum atomic E-state index is 6.14. The van der Waals surface area contributed by atoms with E-state index in [2.05, 4.69) is 29.8 Å². The van der Waals surface area contributed by atoms with Gasteiger partial charge in [-0.2, -0.15) is 0 Å². The highest BCUT2D eigenvalue weighted by Gasteiger charge is 2.18. The van der Waals surface area contributed by atoms with Crippen molar-refractivity contribution in [1.82, 2.24) is 0 Å². The number of aliphatic imine (C=N–C) groups is 2. The summed E-state index contributed by atoms with van der Waals surface area (Å²) in [7, 11) is 0. The van der Waals surface area contributed by atoms with Crippen LogP contribution in [0.5, 0.6) is 0 Å². The smallest absolute Gasteiger partial charge is 0.0896 e. The van der Waals surface area contributed by atoms with E-state index in [4.69, 9.17) is 5.73 Å². The molecule has 1 rings (SSSR count). The Balaban J connectivity index is 2.37. The molecule has 1 aliphatic carbocycles. The minimum Gasteiger partial charge on any atom is -0.324 e. The molecule has 0 aromatic heterocycles. The van der Waals surface area contributed by atoms with Crippen LogP contribution in [0.15, 0.2) is 9.98 Å². The van der Waals surface area contributed by atoms with Crippen molar-refractivity contribution in [1.29, 1.82) is 0 Å². The highest BCUT2D eigenvalue weighted by molar-refractivity contribution is 5.41. The van der Waals surface area contributed by atoms with Crippen molar-refractivity contribution in [2.45, 2.75) is 70.4 Å². The summed E-state index contributed by atoms with van der Waals surface area (Å²) in [4.78, 5) is 8.62. The molecule has 0 spiro atoms. The molecular formula is C13H25N3. The maximum absolute atomic E-state index is 6.14. The second-order valence-electron chi connectivity index (χ2n) is 4.91. The Morgan fingerprint density at radius 1 is 1.19 bits per heavy atom. The monoisotopic (exact) mass is 223 g/mol. The van der Waals surface area contributed by atoms with Crippen LogP contribution in [0, 0.1) is 0 Å². The normalized spacial score (nSPS) is 17.9. The maximum Gasteiger partial charge on any atom is 0.0896 e. The molecule has 2 N–H and O–H groups in total. The average Bonchev–Trinajstić information content (AvgIpc) is 2.36. The quantitative estimate of drug-likeness (QED) is 0.716. The molecule has 0 radical (unpaired) electrons. The van der Waals surface area contributed by atoms with E-state index in [0.717, 1.165) is 12.8 Å². The molecule has 0 aliphatic heterocycles. The van der Waals surface area contributed by atoms with Gasteiger partial charge in [0.05, 0.1) is 18.6 Å². The summed E-state index contributed by atoms with van der Waals surface area (Å²) in [6.45, 7) is 4.87. The summed E-state index contributed by atoms with van der Waals surface area (Å²) in [5.41, 5.74) is 5.98. The van der Waals surface area contributed by atoms with E-state index in [1.165, 1.54) is 32.1 Å². The molecule has 0 atom stereocenters. The van der Waals surface area contributed by atoms with Gasteiger partial charge in [0.15, 0.2) is 0 Å². The van der Waals surface area contributed by atoms with Gasteiger partial charge in [-0.3, -0.25) is 0 Å². The molecule has 0 bridgehead atoms. The number of nitrogens with zero attached hydrogens (tertiary/aromatic N) is 2. The first-order valence-corrected chi connectivity index (χ1v) is 6.60. The van der Waals surface area contributed by atoms with E-state index in [1.807, 2.05) is 0 Å². The second-order valence-corrected chi connectivity index (χ2v) is 4.91. The van der Waals surface area contributed by atoms with Crippen molar-refractivity contribution in [2.24, 2.45) is 15.7 Å². The first-order chi connectivity index (χ1) is 7.70. The van der Waals surface area contributed by atoms with Crippen molar-refractivity contribution >= 4 is 6.01 Å². The lowest BCUT2D eigenvalue weighted by atomic mass is 9.95. The Kier molecular flexibility index (Phi) is 5.72. The van der Waals surface area contributed by atoms with Gasteiger partial charge in [0.2, 0.25) is 0 Å². The van der Waals surface area contributed by atoms with E-state index in [9.17, 15) is 0 Å². The van der Waals surface area contributed by atoms with E-state index in [1.54, 1.807) is 0 Å². The fraction of sp³-hybridized carbons (Fsp3) is 0.923. The van der Waals surface area contributed by atoms with E-state index in [-0.39, 0.29) is 5.54 Å². The Bertz CT molecular complexity index is 244. The van der Waals surface area contributed by atoms with Crippen LogP contribution in [0.1, 0.15) is 58.8 Å². The van der Waals surface area contributed by atoms with Crippen LogP contribution in [-0.2, 0) is 0 Å². The van der Waals surface area contributed by atoms with Gasteiger partial charge >= 0.3 is 0 Å². The Hall–Kier alpha value is -0.660. The third-order valence-electron chi connectivity index (χ3n) is 3.69. The highest BCUT2D eigenvalue weighted by atomic mass is 14.9. The van der Waals surface area contributed by atoms with Crippen LogP contribution in [-0.4, -0.2) is 24.1 Å². The van der Waals surface area contributed by atoms with Crippen LogP contribution in [0.2, 0.25) is 0 Å². The first-order valence-electron chi connectivity index (χ1n) is 6.60.